The van der Waals surface area contributed by atoms with Crippen LogP contribution in [0.5, 0.6) is 5.75 Å². The van der Waals surface area contributed by atoms with E-state index in [0.29, 0.717) is 12.5 Å². The molecule has 0 saturated heterocycles. The molecule has 2 aromatic heterocycles. The minimum absolute atomic E-state index is 0.0218. The molecule has 0 radical (unpaired) electrons. The van der Waals surface area contributed by atoms with E-state index in [0.717, 1.165) is 49.0 Å². The highest BCUT2D eigenvalue weighted by Gasteiger charge is 2.13. The lowest BCUT2D eigenvalue weighted by Gasteiger charge is -2.06. The second-order valence-electron chi connectivity index (χ2n) is 7.17. The number of carboxylic acid groups (broad SMARTS) is 1. The van der Waals surface area contributed by atoms with Gasteiger partial charge in [0.2, 0.25) is 5.89 Å². The lowest BCUT2D eigenvalue weighted by Crippen LogP contribution is -1.99. The van der Waals surface area contributed by atoms with Gasteiger partial charge in [-0.05, 0) is 43.7 Å². The van der Waals surface area contributed by atoms with Crippen molar-refractivity contribution >= 4 is 29.1 Å². The van der Waals surface area contributed by atoms with Crippen molar-refractivity contribution in [2.24, 2.45) is 0 Å². The lowest BCUT2D eigenvalue weighted by atomic mass is 10.2. The van der Waals surface area contributed by atoms with Gasteiger partial charge in [0.25, 0.3) is 0 Å². The van der Waals surface area contributed by atoms with Crippen LogP contribution in [0.1, 0.15) is 27.6 Å². The topological polar surface area (TPSA) is 85.5 Å². The van der Waals surface area contributed by atoms with Gasteiger partial charge in [-0.25, -0.2) is 9.97 Å². The van der Waals surface area contributed by atoms with Crippen molar-refractivity contribution in [3.05, 3.63) is 82.2 Å². The molecular weight excluding hydrogens is 444 g/mol. The van der Waals surface area contributed by atoms with E-state index in [1.54, 1.807) is 11.8 Å². The Balaban J connectivity index is 1.32. The summed E-state index contributed by atoms with van der Waals surface area (Å²) in [6.45, 7) is 4.08. The van der Waals surface area contributed by atoms with Crippen molar-refractivity contribution in [3.63, 3.8) is 0 Å². The van der Waals surface area contributed by atoms with Crippen LogP contribution in [0, 0.1) is 13.8 Å². The van der Waals surface area contributed by atoms with Crippen LogP contribution < -0.4 is 4.74 Å². The van der Waals surface area contributed by atoms with Crippen molar-refractivity contribution in [2.45, 2.75) is 37.0 Å². The third-order valence-corrected chi connectivity index (χ3v) is 7.13. The van der Waals surface area contributed by atoms with Crippen molar-refractivity contribution in [2.75, 3.05) is 0 Å². The van der Waals surface area contributed by atoms with Crippen molar-refractivity contribution in [3.8, 4) is 17.2 Å². The average Bonchev–Trinajstić information content (AvgIpc) is 3.33. The summed E-state index contributed by atoms with van der Waals surface area (Å²) in [5.41, 5.74) is 3.65. The minimum atomic E-state index is -0.832. The molecule has 0 aliphatic carbocycles. The fourth-order valence-electron chi connectivity index (χ4n) is 3.01. The fourth-order valence-corrected chi connectivity index (χ4v) is 5.19. The first kappa shape index (κ1) is 22.1. The van der Waals surface area contributed by atoms with Gasteiger partial charge in [-0.15, -0.1) is 11.3 Å². The van der Waals surface area contributed by atoms with Crippen LogP contribution in [0.4, 0.5) is 0 Å². The van der Waals surface area contributed by atoms with E-state index in [1.165, 1.54) is 11.3 Å². The van der Waals surface area contributed by atoms with Crippen LogP contribution >= 0.6 is 23.1 Å². The number of carboxylic acids is 1. The van der Waals surface area contributed by atoms with Gasteiger partial charge in [0.15, 0.2) is 4.34 Å². The largest absolute Gasteiger partial charge is 0.487 e. The van der Waals surface area contributed by atoms with Crippen LogP contribution in [0.2, 0.25) is 0 Å². The van der Waals surface area contributed by atoms with Crippen LogP contribution in [-0.2, 0) is 23.6 Å². The highest BCUT2D eigenvalue weighted by Crippen LogP contribution is 2.30. The Hall–Kier alpha value is -3.10. The van der Waals surface area contributed by atoms with Crippen LogP contribution in [0.25, 0.3) is 11.5 Å². The average molecular weight is 467 g/mol. The summed E-state index contributed by atoms with van der Waals surface area (Å²) in [6, 6.07) is 17.7. The number of ether oxygens (including phenoxy) is 1. The molecule has 0 aliphatic rings. The molecule has 8 heteroatoms. The summed E-state index contributed by atoms with van der Waals surface area (Å²) in [7, 11) is 0. The van der Waals surface area contributed by atoms with E-state index in [1.807, 2.05) is 68.4 Å². The number of carbonyl (C=O) groups is 1. The number of nitrogens with zero attached hydrogens (tertiary/aromatic N) is 2. The van der Waals surface area contributed by atoms with Crippen molar-refractivity contribution in [1.82, 2.24) is 9.97 Å². The van der Waals surface area contributed by atoms with E-state index in [2.05, 4.69) is 9.97 Å². The zero-order chi connectivity index (χ0) is 22.5. The van der Waals surface area contributed by atoms with Crippen LogP contribution in [0.3, 0.4) is 0 Å². The van der Waals surface area contributed by atoms with E-state index in [4.69, 9.17) is 14.3 Å². The molecule has 2 aromatic carbocycles. The van der Waals surface area contributed by atoms with Crippen molar-refractivity contribution < 1.29 is 19.1 Å². The van der Waals surface area contributed by atoms with Crippen LogP contribution in [0.15, 0.2) is 63.4 Å². The van der Waals surface area contributed by atoms with Gasteiger partial charge in [0.1, 0.15) is 23.8 Å². The molecule has 1 N–H and O–H groups in total. The predicted molar refractivity (Wildman–Crippen MR) is 125 cm³/mol. The Bertz CT molecular complexity index is 1200. The first-order valence-corrected chi connectivity index (χ1v) is 11.8. The number of benzene rings is 2. The number of hydrogen-bond acceptors (Lipinski definition) is 7. The third kappa shape index (κ3) is 5.57. The summed E-state index contributed by atoms with van der Waals surface area (Å²) in [5, 5.41) is 8.97. The number of rotatable bonds is 9. The predicted octanol–water partition coefficient (Wildman–Crippen LogP) is 5.91. The first-order chi connectivity index (χ1) is 15.5. The maximum atomic E-state index is 10.9. The molecular formula is C24H22N2O4S2. The molecule has 0 aliphatic heterocycles. The van der Waals surface area contributed by atoms with Gasteiger partial charge in [-0.1, -0.05) is 42.1 Å². The molecule has 0 spiro atoms. The number of aliphatic carboxylic acids is 1. The highest BCUT2D eigenvalue weighted by molar-refractivity contribution is 8.00. The number of aromatic nitrogens is 2. The van der Waals surface area contributed by atoms with Gasteiger partial charge < -0.3 is 14.3 Å². The van der Waals surface area contributed by atoms with Crippen molar-refractivity contribution in [1.29, 1.82) is 0 Å². The second-order valence-corrected chi connectivity index (χ2v) is 9.47. The summed E-state index contributed by atoms with van der Waals surface area (Å²) >= 11 is 3.05. The number of aryl methyl sites for hydroxylation is 2. The molecule has 6 nitrogen and oxygen atoms in total. The Morgan fingerprint density at radius 1 is 1.09 bits per heavy atom. The van der Waals surface area contributed by atoms with E-state index in [-0.39, 0.29) is 6.42 Å². The molecule has 0 bridgehead atoms. The SMILES string of the molecule is Cc1nc(SCc2ccc(OCc3nc(-c4ccccc4)oc3C)cc2)sc1CC(=O)O. The summed E-state index contributed by atoms with van der Waals surface area (Å²) in [5.74, 6) is 2.02. The number of oxazole rings is 1. The molecule has 164 valence electrons. The highest BCUT2D eigenvalue weighted by atomic mass is 32.2. The summed E-state index contributed by atoms with van der Waals surface area (Å²) < 4.78 is 12.6. The van der Waals surface area contributed by atoms with E-state index in [9.17, 15) is 4.79 Å². The third-order valence-electron chi connectivity index (χ3n) is 4.76. The molecule has 32 heavy (non-hydrogen) atoms. The molecule has 0 atom stereocenters. The molecule has 0 amide bonds. The summed E-state index contributed by atoms with van der Waals surface area (Å²) in [4.78, 5) is 20.8. The number of thioether (sulfide) groups is 1. The lowest BCUT2D eigenvalue weighted by molar-refractivity contribution is -0.136. The Morgan fingerprint density at radius 3 is 2.56 bits per heavy atom. The van der Waals surface area contributed by atoms with Crippen LogP contribution in [-0.4, -0.2) is 21.0 Å². The van der Waals surface area contributed by atoms with Gasteiger partial charge in [0.05, 0.1) is 12.1 Å². The smallest absolute Gasteiger partial charge is 0.308 e. The second kappa shape index (κ2) is 10.0. The summed E-state index contributed by atoms with van der Waals surface area (Å²) in [6.07, 6.45) is 0.0218. The molecule has 4 aromatic rings. The number of hydrogen-bond donors (Lipinski definition) is 1. The maximum absolute atomic E-state index is 10.9. The Morgan fingerprint density at radius 2 is 1.84 bits per heavy atom. The molecule has 2 heterocycles. The normalized spacial score (nSPS) is 10.9. The van der Waals surface area contributed by atoms with E-state index >= 15 is 0 Å². The zero-order valence-corrected chi connectivity index (χ0v) is 19.3. The van der Waals surface area contributed by atoms with Gasteiger partial charge in [0, 0.05) is 16.2 Å². The maximum Gasteiger partial charge on any atom is 0.308 e. The van der Waals surface area contributed by atoms with E-state index < -0.39 is 5.97 Å². The van der Waals surface area contributed by atoms with Gasteiger partial charge >= 0.3 is 5.97 Å². The Kier molecular flexibility index (Phi) is 6.92. The molecule has 0 saturated carbocycles. The quantitative estimate of drug-likeness (QED) is 0.307. The fraction of sp³-hybridized carbons (Fsp3) is 0.208. The van der Waals surface area contributed by atoms with Gasteiger partial charge in [-0.3, -0.25) is 4.79 Å². The molecule has 0 fully saturated rings. The standard InChI is InChI=1S/C24H22N2O4S2/c1-15-21(12-22(27)28)32-24(25-15)31-14-17-8-10-19(11-9-17)29-13-20-16(2)30-23(26-20)18-6-4-3-5-7-18/h3-11H,12-14H2,1-2H3,(H,27,28). The first-order valence-electron chi connectivity index (χ1n) is 10.0. The zero-order valence-electron chi connectivity index (χ0n) is 17.7. The molecule has 0 unspecified atom stereocenters. The Labute approximate surface area is 194 Å². The van der Waals surface area contributed by atoms with Gasteiger partial charge in [-0.2, -0.15) is 0 Å². The number of thiazole rings is 1. The monoisotopic (exact) mass is 466 g/mol. The molecule has 4 rings (SSSR count). The minimum Gasteiger partial charge on any atom is -0.487 e.